The maximum atomic E-state index is 12.4. The molecule has 1 aliphatic heterocycles. The van der Waals surface area contributed by atoms with Crippen LogP contribution in [0.25, 0.3) is 0 Å². The predicted octanol–water partition coefficient (Wildman–Crippen LogP) is 1.04. The molecule has 0 radical (unpaired) electrons. The first-order valence-corrected chi connectivity index (χ1v) is 8.40. The number of H-pyrrole nitrogens is 1. The molecule has 0 unspecified atom stereocenters. The zero-order chi connectivity index (χ0) is 18.0. The standard InChI is InChI=1S/C17H18ClN5O2/c18-14-15(24)21-17(25)23(9-12-5-2-1-4-11(12)8-19)16(14)22-7-3-6-13(20)10-22/h1-2,4-5,13H,3,6-7,9-10,20H2,(H,21,24,25)/t13-/m1/s1. The number of nitrogens with one attached hydrogen (secondary N) is 1. The maximum absolute atomic E-state index is 12.4. The van der Waals surface area contributed by atoms with Gasteiger partial charge in [-0.2, -0.15) is 5.26 Å². The number of hydrogen-bond acceptors (Lipinski definition) is 5. The van der Waals surface area contributed by atoms with Gasteiger partial charge in [-0.15, -0.1) is 0 Å². The average Bonchev–Trinajstić information content (AvgIpc) is 2.60. The SMILES string of the molecule is N#Cc1ccccc1Cn1c(N2CCC[C@@H](N)C2)c(Cl)c(=O)[nH]c1=O. The van der Waals surface area contributed by atoms with Gasteiger partial charge in [-0.25, -0.2) is 4.79 Å². The Hall–Kier alpha value is -2.56. The van der Waals surface area contributed by atoms with Crippen molar-refractivity contribution in [1.82, 2.24) is 9.55 Å². The van der Waals surface area contributed by atoms with E-state index in [1.54, 1.807) is 24.3 Å². The van der Waals surface area contributed by atoms with Gasteiger partial charge in [0.2, 0.25) is 0 Å². The summed E-state index contributed by atoms with van der Waals surface area (Å²) >= 11 is 6.24. The van der Waals surface area contributed by atoms with Crippen molar-refractivity contribution >= 4 is 17.4 Å². The second-order valence-electron chi connectivity index (χ2n) is 6.10. The summed E-state index contributed by atoms with van der Waals surface area (Å²) < 4.78 is 1.40. The third-order valence-electron chi connectivity index (χ3n) is 4.34. The van der Waals surface area contributed by atoms with Crippen LogP contribution in [0.4, 0.5) is 5.82 Å². The fraction of sp³-hybridized carbons (Fsp3) is 0.353. The van der Waals surface area contributed by atoms with E-state index in [4.69, 9.17) is 17.3 Å². The molecular formula is C17H18ClN5O2. The van der Waals surface area contributed by atoms with Crippen molar-refractivity contribution in [3.8, 4) is 6.07 Å². The van der Waals surface area contributed by atoms with E-state index in [-0.39, 0.29) is 17.6 Å². The Morgan fingerprint density at radius 2 is 2.12 bits per heavy atom. The molecule has 2 heterocycles. The smallest absolute Gasteiger partial charge is 0.330 e. The zero-order valence-electron chi connectivity index (χ0n) is 13.5. The molecule has 3 rings (SSSR count). The van der Waals surface area contributed by atoms with Crippen molar-refractivity contribution in [3.63, 3.8) is 0 Å². The van der Waals surface area contributed by atoms with E-state index in [9.17, 15) is 14.9 Å². The van der Waals surface area contributed by atoms with Crippen LogP contribution in [-0.4, -0.2) is 28.7 Å². The first-order valence-electron chi connectivity index (χ1n) is 8.02. The van der Waals surface area contributed by atoms with E-state index < -0.39 is 11.2 Å². The van der Waals surface area contributed by atoms with Gasteiger partial charge in [0.1, 0.15) is 10.8 Å². The zero-order valence-corrected chi connectivity index (χ0v) is 14.3. The van der Waals surface area contributed by atoms with E-state index in [1.807, 2.05) is 4.90 Å². The highest BCUT2D eigenvalue weighted by Crippen LogP contribution is 2.25. The van der Waals surface area contributed by atoms with Crippen molar-refractivity contribution in [3.05, 3.63) is 61.3 Å². The second-order valence-corrected chi connectivity index (χ2v) is 6.48. The third kappa shape index (κ3) is 3.45. The van der Waals surface area contributed by atoms with E-state index in [2.05, 4.69) is 11.1 Å². The monoisotopic (exact) mass is 359 g/mol. The molecule has 1 aromatic heterocycles. The van der Waals surface area contributed by atoms with E-state index in [1.165, 1.54) is 4.57 Å². The fourth-order valence-electron chi connectivity index (χ4n) is 3.13. The molecule has 0 saturated carbocycles. The van der Waals surface area contributed by atoms with Gasteiger partial charge in [0.15, 0.2) is 0 Å². The van der Waals surface area contributed by atoms with Crippen molar-refractivity contribution in [2.45, 2.75) is 25.4 Å². The minimum Gasteiger partial charge on any atom is -0.355 e. The fourth-order valence-corrected chi connectivity index (χ4v) is 3.40. The van der Waals surface area contributed by atoms with Gasteiger partial charge in [-0.1, -0.05) is 29.8 Å². The highest BCUT2D eigenvalue weighted by Gasteiger charge is 2.24. The number of nitrogens with two attached hydrogens (primary N) is 1. The van der Waals surface area contributed by atoms with Gasteiger partial charge >= 0.3 is 5.69 Å². The summed E-state index contributed by atoms with van der Waals surface area (Å²) in [5.41, 5.74) is 6.01. The molecule has 1 aliphatic rings. The highest BCUT2D eigenvalue weighted by atomic mass is 35.5. The average molecular weight is 360 g/mol. The minimum absolute atomic E-state index is 0.0388. The predicted molar refractivity (Wildman–Crippen MR) is 96.0 cm³/mol. The molecule has 8 heteroatoms. The minimum atomic E-state index is -0.620. The Labute approximate surface area is 149 Å². The quantitative estimate of drug-likeness (QED) is 0.851. The summed E-state index contributed by atoms with van der Waals surface area (Å²) in [6.45, 7) is 1.32. The van der Waals surface area contributed by atoms with Crippen LogP contribution in [0.1, 0.15) is 24.0 Å². The maximum Gasteiger partial charge on any atom is 0.330 e. The number of piperidine rings is 1. The molecular weight excluding hydrogens is 342 g/mol. The lowest BCUT2D eigenvalue weighted by molar-refractivity contribution is 0.494. The van der Waals surface area contributed by atoms with Gasteiger partial charge < -0.3 is 10.6 Å². The molecule has 0 spiro atoms. The van der Waals surface area contributed by atoms with Gasteiger partial charge in [0, 0.05) is 19.1 Å². The highest BCUT2D eigenvalue weighted by molar-refractivity contribution is 6.32. The molecule has 1 atom stereocenters. The third-order valence-corrected chi connectivity index (χ3v) is 4.68. The first-order chi connectivity index (χ1) is 12.0. The molecule has 1 saturated heterocycles. The summed E-state index contributed by atoms with van der Waals surface area (Å²) in [5, 5.41) is 9.23. The lowest BCUT2D eigenvalue weighted by atomic mass is 10.1. The summed E-state index contributed by atoms with van der Waals surface area (Å²) in [5.74, 6) is 0.360. The molecule has 25 heavy (non-hydrogen) atoms. The number of nitriles is 1. The lowest BCUT2D eigenvalue weighted by Crippen LogP contribution is -2.46. The van der Waals surface area contributed by atoms with E-state index in [0.29, 0.717) is 30.0 Å². The van der Waals surface area contributed by atoms with Crippen molar-refractivity contribution in [2.24, 2.45) is 5.73 Å². The molecule has 7 nitrogen and oxygen atoms in total. The molecule has 0 amide bonds. The number of aromatic amines is 1. The number of halogens is 1. The lowest BCUT2D eigenvalue weighted by Gasteiger charge is -2.34. The Bertz CT molecular complexity index is 943. The number of hydrogen-bond donors (Lipinski definition) is 2. The van der Waals surface area contributed by atoms with Crippen LogP contribution in [0.2, 0.25) is 5.02 Å². The van der Waals surface area contributed by atoms with Crippen LogP contribution in [0, 0.1) is 11.3 Å². The normalized spacial score (nSPS) is 17.3. The van der Waals surface area contributed by atoms with E-state index >= 15 is 0 Å². The first kappa shape index (κ1) is 17.3. The van der Waals surface area contributed by atoms with Crippen LogP contribution < -0.4 is 21.9 Å². The van der Waals surface area contributed by atoms with Gasteiger partial charge in [-0.3, -0.25) is 14.3 Å². The summed E-state index contributed by atoms with van der Waals surface area (Å²) in [4.78, 5) is 28.6. The van der Waals surface area contributed by atoms with Crippen LogP contribution in [0.15, 0.2) is 33.9 Å². The molecule has 0 aliphatic carbocycles. The number of benzene rings is 1. The summed E-state index contributed by atoms with van der Waals surface area (Å²) in [6.07, 6.45) is 1.74. The molecule has 1 aromatic carbocycles. The van der Waals surface area contributed by atoms with Crippen LogP contribution in [0.5, 0.6) is 0 Å². The van der Waals surface area contributed by atoms with Gasteiger partial charge in [0.25, 0.3) is 5.56 Å². The summed E-state index contributed by atoms with van der Waals surface area (Å²) in [6, 6.07) is 9.08. The Kier molecular flexibility index (Phi) is 4.93. The molecule has 3 N–H and O–H groups in total. The Morgan fingerprint density at radius 3 is 2.84 bits per heavy atom. The Balaban J connectivity index is 2.13. The topological polar surface area (TPSA) is 108 Å². The number of rotatable bonds is 3. The molecule has 2 aromatic rings. The van der Waals surface area contributed by atoms with Crippen LogP contribution in [-0.2, 0) is 6.54 Å². The number of nitrogens with zero attached hydrogens (tertiary/aromatic N) is 3. The number of aromatic nitrogens is 2. The van der Waals surface area contributed by atoms with E-state index in [0.717, 1.165) is 12.8 Å². The van der Waals surface area contributed by atoms with Gasteiger partial charge in [0.05, 0.1) is 18.2 Å². The Morgan fingerprint density at radius 1 is 1.36 bits per heavy atom. The van der Waals surface area contributed by atoms with Crippen LogP contribution >= 0.6 is 11.6 Å². The molecule has 0 bridgehead atoms. The molecule has 1 fully saturated rings. The van der Waals surface area contributed by atoms with Crippen LogP contribution in [0.3, 0.4) is 0 Å². The largest absolute Gasteiger partial charge is 0.355 e. The van der Waals surface area contributed by atoms with Crippen molar-refractivity contribution in [1.29, 1.82) is 5.26 Å². The van der Waals surface area contributed by atoms with Crippen molar-refractivity contribution < 1.29 is 0 Å². The van der Waals surface area contributed by atoms with Crippen molar-refractivity contribution in [2.75, 3.05) is 18.0 Å². The molecule has 130 valence electrons. The second kappa shape index (κ2) is 7.13. The number of anilines is 1. The van der Waals surface area contributed by atoms with Gasteiger partial charge in [-0.05, 0) is 24.5 Å². The summed E-state index contributed by atoms with van der Waals surface area (Å²) in [7, 11) is 0.